The smallest absolute Gasteiger partial charge is 0.238 e. The van der Waals surface area contributed by atoms with E-state index in [1.54, 1.807) is 43.3 Å². The summed E-state index contributed by atoms with van der Waals surface area (Å²) in [6.45, 7) is 5.64. The van der Waals surface area contributed by atoms with Crippen molar-refractivity contribution in [2.45, 2.75) is 33.3 Å². The molecule has 4 atom stereocenters. The number of amides is 2. The Hall–Kier alpha value is -3.21. The Morgan fingerprint density at radius 1 is 1.10 bits per heavy atom. The van der Waals surface area contributed by atoms with E-state index in [1.165, 1.54) is 4.90 Å². The highest BCUT2D eigenvalue weighted by Crippen LogP contribution is 2.41. The van der Waals surface area contributed by atoms with Gasteiger partial charge in [-0.1, -0.05) is 55.0 Å². The Morgan fingerprint density at radius 2 is 1.83 bits per heavy atom. The lowest BCUT2D eigenvalue weighted by Gasteiger charge is -2.22. The fourth-order valence-corrected chi connectivity index (χ4v) is 4.31. The molecule has 5 nitrogen and oxygen atoms in total. The van der Waals surface area contributed by atoms with Crippen LogP contribution in [0.5, 0.6) is 5.75 Å². The first kappa shape index (κ1) is 20.1. The van der Waals surface area contributed by atoms with E-state index in [0.717, 1.165) is 5.56 Å². The van der Waals surface area contributed by atoms with Crippen molar-refractivity contribution in [3.63, 3.8) is 0 Å². The maximum atomic E-state index is 13.0. The summed E-state index contributed by atoms with van der Waals surface area (Å²) < 4.78 is 5.86. The Kier molecular flexibility index (Phi) is 5.29. The third kappa shape index (κ3) is 3.56. The number of rotatable bonds is 5. The second-order valence-electron chi connectivity index (χ2n) is 8.15. The van der Waals surface area contributed by atoms with Crippen molar-refractivity contribution in [2.24, 2.45) is 17.8 Å². The SMILES string of the molecule is Cc1ccc(C(=O)[C@H](C)Oc2cccc(N3C(=O)[C@H]4[C@H](C)C=CC[C@H]4C3=O)c2)cc1. The van der Waals surface area contributed by atoms with Crippen LogP contribution in [0.25, 0.3) is 0 Å². The number of carbonyl (C=O) groups excluding carboxylic acids is 3. The molecule has 0 N–H and O–H groups in total. The number of imide groups is 1. The average molecular weight is 403 g/mol. The molecule has 0 saturated carbocycles. The summed E-state index contributed by atoms with van der Waals surface area (Å²) in [5.41, 5.74) is 2.15. The van der Waals surface area contributed by atoms with E-state index in [-0.39, 0.29) is 35.4 Å². The molecule has 4 rings (SSSR count). The normalized spacial score (nSPS) is 24.0. The summed E-state index contributed by atoms with van der Waals surface area (Å²) in [6.07, 6.45) is 3.89. The van der Waals surface area contributed by atoms with Gasteiger partial charge >= 0.3 is 0 Å². The van der Waals surface area contributed by atoms with Gasteiger partial charge in [0.1, 0.15) is 5.75 Å². The molecule has 2 aromatic rings. The van der Waals surface area contributed by atoms with E-state index in [9.17, 15) is 14.4 Å². The zero-order chi connectivity index (χ0) is 21.4. The number of hydrogen-bond acceptors (Lipinski definition) is 4. The second kappa shape index (κ2) is 7.90. The van der Waals surface area contributed by atoms with Crippen LogP contribution in [0.4, 0.5) is 5.69 Å². The molecule has 0 bridgehead atoms. The van der Waals surface area contributed by atoms with Crippen LogP contribution >= 0.6 is 0 Å². The van der Waals surface area contributed by atoms with E-state index >= 15 is 0 Å². The number of aryl methyl sites for hydroxylation is 1. The number of carbonyl (C=O) groups is 3. The summed E-state index contributed by atoms with van der Waals surface area (Å²) in [6, 6.07) is 14.2. The maximum Gasteiger partial charge on any atom is 0.238 e. The van der Waals surface area contributed by atoms with Gasteiger partial charge in [0.15, 0.2) is 6.10 Å². The molecule has 1 saturated heterocycles. The number of Topliss-reactive ketones (excluding diaryl/α,β-unsaturated/α-hetero) is 1. The molecule has 0 radical (unpaired) electrons. The molecule has 1 fully saturated rings. The Morgan fingerprint density at radius 3 is 2.53 bits per heavy atom. The van der Waals surface area contributed by atoms with Crippen molar-refractivity contribution in [3.8, 4) is 5.75 Å². The zero-order valence-electron chi connectivity index (χ0n) is 17.4. The lowest BCUT2D eigenvalue weighted by molar-refractivity contribution is -0.122. The fraction of sp³-hybridized carbons (Fsp3) is 0.320. The zero-order valence-corrected chi connectivity index (χ0v) is 17.4. The van der Waals surface area contributed by atoms with Crippen molar-refractivity contribution in [2.75, 3.05) is 4.90 Å². The van der Waals surface area contributed by atoms with Gasteiger partial charge in [-0.05, 0) is 38.3 Å². The van der Waals surface area contributed by atoms with Gasteiger partial charge in [-0.3, -0.25) is 14.4 Å². The molecule has 0 spiro atoms. The first-order valence-corrected chi connectivity index (χ1v) is 10.3. The number of ketones is 1. The maximum absolute atomic E-state index is 13.0. The number of nitrogens with zero attached hydrogens (tertiary/aromatic N) is 1. The van der Waals surface area contributed by atoms with E-state index in [1.807, 2.05) is 38.1 Å². The van der Waals surface area contributed by atoms with Gasteiger partial charge in [0.2, 0.25) is 17.6 Å². The second-order valence-corrected chi connectivity index (χ2v) is 8.15. The minimum Gasteiger partial charge on any atom is -0.482 e. The van der Waals surface area contributed by atoms with E-state index in [0.29, 0.717) is 23.4 Å². The van der Waals surface area contributed by atoms with E-state index in [2.05, 4.69) is 0 Å². The van der Waals surface area contributed by atoms with Crippen LogP contribution in [-0.2, 0) is 9.59 Å². The number of ether oxygens (including phenoxy) is 1. The Bertz CT molecular complexity index is 1020. The highest BCUT2D eigenvalue weighted by Gasteiger charge is 2.50. The highest BCUT2D eigenvalue weighted by molar-refractivity contribution is 6.22. The quantitative estimate of drug-likeness (QED) is 0.423. The summed E-state index contributed by atoms with van der Waals surface area (Å²) in [5, 5.41) is 0. The molecule has 1 aliphatic carbocycles. The molecule has 5 heteroatoms. The minimum absolute atomic E-state index is 0.0387. The summed E-state index contributed by atoms with van der Waals surface area (Å²) >= 11 is 0. The van der Waals surface area contributed by atoms with Crippen LogP contribution in [0.1, 0.15) is 36.2 Å². The van der Waals surface area contributed by atoms with Crippen LogP contribution in [0.3, 0.4) is 0 Å². The Labute approximate surface area is 176 Å². The number of anilines is 1. The van der Waals surface area contributed by atoms with Crippen LogP contribution in [0.15, 0.2) is 60.7 Å². The number of fused-ring (bicyclic) bond motifs is 1. The molecule has 1 aliphatic heterocycles. The van der Waals surface area contributed by atoms with Crippen molar-refractivity contribution in [3.05, 3.63) is 71.8 Å². The molecule has 1 heterocycles. The monoisotopic (exact) mass is 403 g/mol. The lowest BCUT2D eigenvalue weighted by Crippen LogP contribution is -2.31. The van der Waals surface area contributed by atoms with Crippen LogP contribution < -0.4 is 9.64 Å². The van der Waals surface area contributed by atoms with Crippen molar-refractivity contribution >= 4 is 23.3 Å². The third-order valence-electron chi connectivity index (χ3n) is 5.97. The molecule has 2 aromatic carbocycles. The van der Waals surface area contributed by atoms with Crippen molar-refractivity contribution in [1.29, 1.82) is 0 Å². The molecule has 30 heavy (non-hydrogen) atoms. The van der Waals surface area contributed by atoms with Crippen LogP contribution in [0, 0.1) is 24.7 Å². The topological polar surface area (TPSA) is 63.7 Å². The van der Waals surface area contributed by atoms with Crippen LogP contribution in [0.2, 0.25) is 0 Å². The van der Waals surface area contributed by atoms with Gasteiger partial charge in [-0.25, -0.2) is 4.90 Å². The van der Waals surface area contributed by atoms with Gasteiger partial charge in [-0.15, -0.1) is 0 Å². The molecule has 2 aliphatic rings. The molecular weight excluding hydrogens is 378 g/mol. The number of allylic oxidation sites excluding steroid dienone is 2. The minimum atomic E-state index is -0.695. The van der Waals surface area contributed by atoms with Crippen LogP contribution in [-0.4, -0.2) is 23.7 Å². The van der Waals surface area contributed by atoms with E-state index in [4.69, 9.17) is 4.74 Å². The fourth-order valence-electron chi connectivity index (χ4n) is 4.31. The standard InChI is InChI=1S/C25H25NO4/c1-15-10-12-18(13-11-15)23(27)17(3)30-20-8-5-7-19(14-20)26-24(28)21-9-4-6-16(2)22(21)25(26)29/h4-8,10-14,16-17,21-22H,9H2,1-3H3/t16-,17+,21-,22+/m1/s1. The average Bonchev–Trinajstić information content (AvgIpc) is 2.99. The van der Waals surface area contributed by atoms with E-state index < -0.39 is 6.10 Å². The Balaban J connectivity index is 1.53. The third-order valence-corrected chi connectivity index (χ3v) is 5.97. The molecular formula is C25H25NO4. The molecule has 0 aromatic heterocycles. The van der Waals surface area contributed by atoms with Gasteiger partial charge in [0.05, 0.1) is 17.5 Å². The molecule has 2 amide bonds. The number of benzene rings is 2. The largest absolute Gasteiger partial charge is 0.482 e. The van der Waals surface area contributed by atoms with Gasteiger partial charge in [0, 0.05) is 11.6 Å². The highest BCUT2D eigenvalue weighted by atomic mass is 16.5. The first-order chi connectivity index (χ1) is 14.4. The summed E-state index contributed by atoms with van der Waals surface area (Å²) in [7, 11) is 0. The van der Waals surface area contributed by atoms with Crippen molar-refractivity contribution in [1.82, 2.24) is 0 Å². The lowest BCUT2D eigenvalue weighted by atomic mass is 9.78. The predicted molar refractivity (Wildman–Crippen MR) is 114 cm³/mol. The summed E-state index contributed by atoms with van der Waals surface area (Å²) in [5.74, 6) is -0.582. The van der Waals surface area contributed by atoms with Gasteiger partial charge < -0.3 is 4.74 Å². The van der Waals surface area contributed by atoms with Gasteiger partial charge in [0.25, 0.3) is 0 Å². The molecule has 154 valence electrons. The number of hydrogen-bond donors (Lipinski definition) is 0. The first-order valence-electron chi connectivity index (χ1n) is 10.3. The van der Waals surface area contributed by atoms with Crippen molar-refractivity contribution < 1.29 is 19.1 Å². The summed E-state index contributed by atoms with van der Waals surface area (Å²) in [4.78, 5) is 39.9. The predicted octanol–water partition coefficient (Wildman–Crippen LogP) is 4.35. The van der Waals surface area contributed by atoms with Gasteiger partial charge in [-0.2, -0.15) is 0 Å². The molecule has 0 unspecified atom stereocenters.